The van der Waals surface area contributed by atoms with Crippen molar-refractivity contribution in [3.8, 4) is 5.75 Å². The monoisotopic (exact) mass is 418 g/mol. The number of methoxy groups -OCH3 is 1. The molecule has 0 saturated heterocycles. The van der Waals surface area contributed by atoms with Crippen LogP contribution in [0.25, 0.3) is 0 Å². The summed E-state index contributed by atoms with van der Waals surface area (Å²) < 4.78 is 46.6. The van der Waals surface area contributed by atoms with E-state index in [1.54, 1.807) is 17.0 Å². The Morgan fingerprint density at radius 1 is 1.17 bits per heavy atom. The van der Waals surface area contributed by atoms with Crippen molar-refractivity contribution >= 4 is 27.3 Å². The topological polar surface area (TPSA) is 75.7 Å². The molecule has 1 amide bonds. The molecule has 1 aliphatic carbocycles. The van der Waals surface area contributed by atoms with Crippen molar-refractivity contribution in [2.75, 3.05) is 23.3 Å². The van der Waals surface area contributed by atoms with Crippen molar-refractivity contribution in [2.24, 2.45) is 5.92 Å². The van der Waals surface area contributed by atoms with Crippen LogP contribution in [0.5, 0.6) is 5.75 Å². The van der Waals surface area contributed by atoms with Crippen LogP contribution in [0.1, 0.15) is 31.2 Å². The summed E-state index contributed by atoms with van der Waals surface area (Å²) in [5.74, 6) is -0.595. The molecule has 0 unspecified atom stereocenters. The number of amides is 1. The molecule has 1 saturated carbocycles. The number of sulfonamides is 1. The summed E-state index contributed by atoms with van der Waals surface area (Å²) in [5, 5.41) is 0. The number of carbonyl (C=O) groups excluding carboxylic acids is 1. The van der Waals surface area contributed by atoms with Crippen molar-refractivity contribution in [2.45, 2.75) is 37.0 Å². The molecule has 0 bridgehead atoms. The number of benzene rings is 2. The molecule has 1 fully saturated rings. The number of nitrogens with zero attached hydrogens (tertiary/aromatic N) is 1. The molecule has 1 N–H and O–H groups in total. The van der Waals surface area contributed by atoms with Gasteiger partial charge in [0.25, 0.3) is 10.0 Å². The maximum absolute atomic E-state index is 13.9. The minimum Gasteiger partial charge on any atom is -0.494 e. The molecule has 0 spiro atoms. The number of rotatable bonds is 5. The number of anilines is 2. The van der Waals surface area contributed by atoms with Gasteiger partial charge in [-0.2, -0.15) is 0 Å². The van der Waals surface area contributed by atoms with Gasteiger partial charge in [-0.25, -0.2) is 12.8 Å². The number of nitrogens with one attached hydrogen (secondary N) is 1. The third kappa shape index (κ3) is 3.81. The summed E-state index contributed by atoms with van der Waals surface area (Å²) in [7, 11) is -2.67. The first-order valence-corrected chi connectivity index (χ1v) is 11.2. The zero-order chi connectivity index (χ0) is 20.6. The Labute approximate surface area is 169 Å². The van der Waals surface area contributed by atoms with Gasteiger partial charge in [0.15, 0.2) is 11.6 Å². The van der Waals surface area contributed by atoms with Crippen molar-refractivity contribution in [3.63, 3.8) is 0 Å². The maximum atomic E-state index is 13.9. The fourth-order valence-corrected chi connectivity index (χ4v) is 5.15. The van der Waals surface area contributed by atoms with Gasteiger partial charge in [0, 0.05) is 18.2 Å². The molecule has 29 heavy (non-hydrogen) atoms. The van der Waals surface area contributed by atoms with E-state index >= 15 is 0 Å². The highest BCUT2D eigenvalue weighted by Crippen LogP contribution is 2.35. The number of ether oxygens (including phenoxy) is 1. The molecule has 4 rings (SSSR count). The average Bonchev–Trinajstić information content (AvgIpc) is 3.37. The first-order valence-electron chi connectivity index (χ1n) is 9.70. The standard InChI is InChI=1S/C21H23FN2O4S/c1-28-20-9-8-17(13-18(20)22)29(26,27)23-16-7-6-14-10-11-24(19(14)12-16)21(25)15-4-2-3-5-15/h6-9,12-13,15,23H,2-5,10-11H2,1H3. The number of carbonyl (C=O) groups is 1. The van der Waals surface area contributed by atoms with Gasteiger partial charge in [0.05, 0.1) is 17.7 Å². The summed E-state index contributed by atoms with van der Waals surface area (Å²) in [6.07, 6.45) is 4.75. The third-order valence-electron chi connectivity index (χ3n) is 5.64. The van der Waals surface area contributed by atoms with Gasteiger partial charge in [0.2, 0.25) is 5.91 Å². The van der Waals surface area contributed by atoms with E-state index in [9.17, 15) is 17.6 Å². The quantitative estimate of drug-likeness (QED) is 0.803. The Hall–Kier alpha value is -2.61. The Balaban J connectivity index is 1.58. The number of fused-ring (bicyclic) bond motifs is 1. The predicted molar refractivity (Wildman–Crippen MR) is 108 cm³/mol. The van der Waals surface area contributed by atoms with Crippen LogP contribution in [0.2, 0.25) is 0 Å². The van der Waals surface area contributed by atoms with E-state index in [-0.39, 0.29) is 22.5 Å². The van der Waals surface area contributed by atoms with E-state index < -0.39 is 15.8 Å². The minimum atomic E-state index is -3.98. The van der Waals surface area contributed by atoms with Crippen LogP contribution in [-0.2, 0) is 21.2 Å². The molecule has 0 aromatic heterocycles. The highest BCUT2D eigenvalue weighted by molar-refractivity contribution is 7.92. The molecule has 0 radical (unpaired) electrons. The van der Waals surface area contributed by atoms with Crippen LogP contribution < -0.4 is 14.4 Å². The molecule has 154 valence electrons. The van der Waals surface area contributed by atoms with E-state index in [1.165, 1.54) is 19.2 Å². The van der Waals surface area contributed by atoms with Crippen molar-refractivity contribution in [3.05, 3.63) is 47.8 Å². The molecule has 2 aliphatic rings. The zero-order valence-electron chi connectivity index (χ0n) is 16.2. The molecule has 2 aromatic rings. The maximum Gasteiger partial charge on any atom is 0.262 e. The van der Waals surface area contributed by atoms with Crippen LogP contribution in [0.4, 0.5) is 15.8 Å². The van der Waals surface area contributed by atoms with Gasteiger partial charge in [-0.1, -0.05) is 18.9 Å². The van der Waals surface area contributed by atoms with Gasteiger partial charge in [-0.15, -0.1) is 0 Å². The van der Waals surface area contributed by atoms with Crippen LogP contribution in [-0.4, -0.2) is 28.0 Å². The normalized spacial score (nSPS) is 16.7. The Morgan fingerprint density at radius 3 is 2.62 bits per heavy atom. The minimum absolute atomic E-state index is 0.0254. The molecule has 2 aromatic carbocycles. The van der Waals surface area contributed by atoms with Gasteiger partial charge >= 0.3 is 0 Å². The van der Waals surface area contributed by atoms with Gasteiger partial charge in [-0.05, 0) is 55.2 Å². The lowest BCUT2D eigenvalue weighted by molar-refractivity contribution is -0.122. The van der Waals surface area contributed by atoms with Crippen LogP contribution in [0.15, 0.2) is 41.3 Å². The Kier molecular flexibility index (Phi) is 5.21. The lowest BCUT2D eigenvalue weighted by atomic mass is 10.1. The predicted octanol–water partition coefficient (Wildman–Crippen LogP) is 3.71. The summed E-state index contributed by atoms with van der Waals surface area (Å²) in [6, 6.07) is 8.67. The van der Waals surface area contributed by atoms with E-state index in [1.807, 2.05) is 6.07 Å². The van der Waals surface area contributed by atoms with Crippen molar-refractivity contribution in [1.82, 2.24) is 0 Å². The lowest BCUT2D eigenvalue weighted by Gasteiger charge is -2.22. The first kappa shape index (κ1) is 19.7. The largest absolute Gasteiger partial charge is 0.494 e. The SMILES string of the molecule is COc1ccc(S(=O)(=O)Nc2ccc3c(c2)N(C(=O)C2CCCC2)CC3)cc1F. The fourth-order valence-electron chi connectivity index (χ4n) is 4.09. The smallest absolute Gasteiger partial charge is 0.262 e. The van der Waals surface area contributed by atoms with Crippen LogP contribution >= 0.6 is 0 Å². The lowest BCUT2D eigenvalue weighted by Crippen LogP contribution is -2.33. The fraction of sp³-hybridized carbons (Fsp3) is 0.381. The summed E-state index contributed by atoms with van der Waals surface area (Å²) >= 11 is 0. The van der Waals surface area contributed by atoms with Gasteiger partial charge in [0.1, 0.15) is 0 Å². The highest BCUT2D eigenvalue weighted by Gasteiger charge is 2.32. The third-order valence-corrected chi connectivity index (χ3v) is 7.02. The van der Waals surface area contributed by atoms with Crippen molar-refractivity contribution in [1.29, 1.82) is 0 Å². The van der Waals surface area contributed by atoms with E-state index in [0.717, 1.165) is 49.4 Å². The second-order valence-electron chi connectivity index (χ2n) is 7.47. The van der Waals surface area contributed by atoms with E-state index in [0.29, 0.717) is 12.2 Å². The molecule has 8 heteroatoms. The zero-order valence-corrected chi connectivity index (χ0v) is 17.0. The van der Waals surface area contributed by atoms with Gasteiger partial charge in [-0.3, -0.25) is 9.52 Å². The van der Waals surface area contributed by atoms with Crippen LogP contribution in [0, 0.1) is 11.7 Å². The van der Waals surface area contributed by atoms with E-state index in [4.69, 9.17) is 4.74 Å². The molecule has 1 heterocycles. The summed E-state index contributed by atoms with van der Waals surface area (Å²) in [5.41, 5.74) is 2.11. The first-order chi connectivity index (χ1) is 13.9. The number of hydrogen-bond acceptors (Lipinski definition) is 4. The summed E-state index contributed by atoms with van der Waals surface area (Å²) in [6.45, 7) is 0.616. The van der Waals surface area contributed by atoms with Gasteiger partial charge < -0.3 is 9.64 Å². The Morgan fingerprint density at radius 2 is 1.93 bits per heavy atom. The van der Waals surface area contributed by atoms with E-state index in [2.05, 4.69) is 4.72 Å². The van der Waals surface area contributed by atoms with Crippen molar-refractivity contribution < 1.29 is 22.3 Å². The molecular formula is C21H23FN2O4S. The molecule has 1 aliphatic heterocycles. The Bertz CT molecular complexity index is 1050. The number of halogens is 1. The molecule has 0 atom stereocenters. The second kappa shape index (κ2) is 7.67. The highest BCUT2D eigenvalue weighted by atomic mass is 32.2. The molecular weight excluding hydrogens is 395 g/mol. The molecule has 6 nitrogen and oxygen atoms in total. The number of hydrogen-bond donors (Lipinski definition) is 1. The average molecular weight is 418 g/mol. The summed E-state index contributed by atoms with van der Waals surface area (Å²) in [4.78, 5) is 14.4. The van der Waals surface area contributed by atoms with Crippen LogP contribution in [0.3, 0.4) is 0 Å². The second-order valence-corrected chi connectivity index (χ2v) is 9.15.